The zero-order chi connectivity index (χ0) is 28.6. The Bertz CT molecular complexity index is 1210. The Morgan fingerprint density at radius 1 is 1.11 bits per heavy atom. The number of rotatable bonds is 7. The summed E-state index contributed by atoms with van der Waals surface area (Å²) in [5, 5.41) is 13.2. The van der Waals surface area contributed by atoms with Gasteiger partial charge in [0.2, 0.25) is 0 Å². The number of amides is 1. The van der Waals surface area contributed by atoms with Crippen LogP contribution in [0.2, 0.25) is 10.0 Å². The van der Waals surface area contributed by atoms with E-state index in [9.17, 15) is 32.7 Å². The highest BCUT2D eigenvalue weighted by Gasteiger charge is 2.44. The van der Waals surface area contributed by atoms with Crippen molar-refractivity contribution in [2.24, 2.45) is 17.3 Å². The summed E-state index contributed by atoms with van der Waals surface area (Å²) in [4.78, 5) is 43.0. The number of ketones is 1. The predicted molar refractivity (Wildman–Crippen MR) is 134 cm³/mol. The minimum Gasteiger partial charge on any atom is -0.481 e. The Morgan fingerprint density at radius 2 is 1.71 bits per heavy atom. The third-order valence-corrected chi connectivity index (χ3v) is 7.09. The maximum absolute atomic E-state index is 14.4. The fourth-order valence-electron chi connectivity index (χ4n) is 4.91. The molecule has 0 unspecified atom stereocenters. The van der Waals surface area contributed by atoms with Crippen LogP contribution < -0.4 is 0 Å². The summed E-state index contributed by atoms with van der Waals surface area (Å²) in [5.74, 6) is -3.68. The fraction of sp³-hybridized carbons (Fsp3) is 0.560. The van der Waals surface area contributed by atoms with Gasteiger partial charge in [-0.3, -0.25) is 24.0 Å². The van der Waals surface area contributed by atoms with Crippen LogP contribution in [0.5, 0.6) is 0 Å². The average molecular weight is 577 g/mol. The number of hydrogen-bond donors (Lipinski definition) is 1. The van der Waals surface area contributed by atoms with E-state index in [4.69, 9.17) is 23.2 Å². The summed E-state index contributed by atoms with van der Waals surface area (Å²) in [6, 6.07) is -0.731. The number of nitrogens with zero attached hydrogens (tertiary/aromatic N) is 4. The number of pyridine rings is 1. The molecule has 2 aromatic heterocycles. The molecule has 1 amide bonds. The van der Waals surface area contributed by atoms with E-state index in [0.29, 0.717) is 0 Å². The van der Waals surface area contributed by atoms with Gasteiger partial charge in [0, 0.05) is 18.9 Å². The summed E-state index contributed by atoms with van der Waals surface area (Å²) >= 11 is 12.2. The molecule has 1 aliphatic carbocycles. The van der Waals surface area contributed by atoms with Crippen molar-refractivity contribution in [3.8, 4) is 0 Å². The number of carbonyl (C=O) groups is 3. The van der Waals surface area contributed by atoms with Crippen molar-refractivity contribution in [3.05, 3.63) is 45.5 Å². The highest BCUT2D eigenvalue weighted by molar-refractivity contribution is 6.39. The van der Waals surface area contributed by atoms with Gasteiger partial charge in [-0.25, -0.2) is 0 Å². The van der Waals surface area contributed by atoms with Gasteiger partial charge in [0.05, 0.1) is 45.9 Å². The van der Waals surface area contributed by atoms with Gasteiger partial charge >= 0.3 is 12.1 Å². The van der Waals surface area contributed by atoms with E-state index in [1.54, 1.807) is 27.7 Å². The lowest BCUT2D eigenvalue weighted by atomic mass is 9.78. The summed E-state index contributed by atoms with van der Waals surface area (Å²) in [6.45, 7) is 6.41. The number of aromatic nitrogens is 3. The predicted octanol–water partition coefficient (Wildman–Crippen LogP) is 6.04. The van der Waals surface area contributed by atoms with Gasteiger partial charge in [-0.1, -0.05) is 50.9 Å². The number of hydrogen-bond acceptors (Lipinski definition) is 5. The summed E-state index contributed by atoms with van der Waals surface area (Å²) in [5.41, 5.74) is -2.55. The first-order valence-electron chi connectivity index (χ1n) is 12.0. The van der Waals surface area contributed by atoms with Crippen LogP contribution in [0, 0.1) is 17.3 Å². The van der Waals surface area contributed by atoms with E-state index >= 15 is 0 Å². The number of carboxylic acids is 1. The van der Waals surface area contributed by atoms with Crippen LogP contribution in [0.25, 0.3) is 0 Å². The molecule has 0 aliphatic heterocycles. The maximum atomic E-state index is 14.4. The van der Waals surface area contributed by atoms with Crippen molar-refractivity contribution in [1.82, 2.24) is 19.7 Å². The molecule has 0 radical (unpaired) electrons. The van der Waals surface area contributed by atoms with Crippen molar-refractivity contribution in [2.75, 3.05) is 13.1 Å². The van der Waals surface area contributed by atoms with Crippen LogP contribution >= 0.6 is 23.2 Å². The zero-order valence-corrected chi connectivity index (χ0v) is 22.9. The van der Waals surface area contributed by atoms with Crippen LogP contribution in [-0.4, -0.2) is 55.5 Å². The molecule has 1 N–H and O–H groups in total. The molecule has 1 saturated carbocycles. The van der Waals surface area contributed by atoms with Crippen molar-refractivity contribution in [2.45, 2.75) is 59.2 Å². The van der Waals surface area contributed by atoms with Gasteiger partial charge < -0.3 is 10.0 Å². The quantitative estimate of drug-likeness (QED) is 0.403. The molecular weight excluding hydrogens is 548 g/mol. The Labute approximate surface area is 228 Å². The van der Waals surface area contributed by atoms with E-state index in [0.717, 1.165) is 15.8 Å². The van der Waals surface area contributed by atoms with Gasteiger partial charge in [-0.15, -0.1) is 0 Å². The van der Waals surface area contributed by atoms with Crippen LogP contribution in [0.1, 0.15) is 79.4 Å². The lowest BCUT2D eigenvalue weighted by molar-refractivity contribution is -0.149. The van der Waals surface area contributed by atoms with Crippen molar-refractivity contribution >= 4 is 40.9 Å². The molecule has 1 fully saturated rings. The van der Waals surface area contributed by atoms with Crippen molar-refractivity contribution < 1.29 is 32.7 Å². The molecule has 3 atom stereocenters. The standard InChI is InChI=1S/C25H29Cl2F3N4O4/c1-13-7-14(5-6-15(13)23(37)38)34-21(25(28,29)30)16(8-32-34)22(36)33(12-24(2,3)4)11-19(35)20-17(26)9-31-10-18(20)27/h8-10,13-15H,5-7,11-12H2,1-4H3,(H,37,38)/t13-,14+,15+/m0/s1. The number of carbonyl (C=O) groups excluding carboxylic acids is 2. The SMILES string of the molecule is C[C@H]1C[C@H](n2ncc(C(=O)N(CC(=O)c3c(Cl)cncc3Cl)CC(C)(C)C)c2C(F)(F)F)CC[C@H]1C(=O)O. The topological polar surface area (TPSA) is 105 Å². The van der Waals surface area contributed by atoms with Gasteiger partial charge in [0.15, 0.2) is 11.5 Å². The van der Waals surface area contributed by atoms with E-state index in [2.05, 4.69) is 10.1 Å². The molecule has 0 bridgehead atoms. The average Bonchev–Trinajstić information content (AvgIpc) is 3.22. The van der Waals surface area contributed by atoms with Crippen LogP contribution in [0.4, 0.5) is 13.2 Å². The molecule has 208 valence electrons. The minimum absolute atomic E-state index is 0.0405. The lowest BCUT2D eigenvalue weighted by Crippen LogP contribution is -2.42. The van der Waals surface area contributed by atoms with Gasteiger partial charge in [-0.2, -0.15) is 18.3 Å². The molecule has 1 aliphatic rings. The van der Waals surface area contributed by atoms with E-state index in [1.165, 1.54) is 12.4 Å². The van der Waals surface area contributed by atoms with Gasteiger partial charge in [0.25, 0.3) is 5.91 Å². The Morgan fingerprint density at radius 3 is 2.21 bits per heavy atom. The molecule has 0 saturated heterocycles. The number of halogens is 5. The summed E-state index contributed by atoms with van der Waals surface area (Å²) in [6.07, 6.45) is -1.11. The Kier molecular flexibility index (Phi) is 8.82. The third kappa shape index (κ3) is 6.66. The van der Waals surface area contributed by atoms with Gasteiger partial charge in [-0.05, 0) is 30.6 Å². The van der Waals surface area contributed by atoms with Crippen LogP contribution in [-0.2, 0) is 11.0 Å². The molecule has 2 heterocycles. The normalized spacial score (nSPS) is 20.3. The molecule has 3 rings (SSSR count). The molecule has 8 nitrogen and oxygen atoms in total. The highest BCUT2D eigenvalue weighted by atomic mass is 35.5. The first-order chi connectivity index (χ1) is 17.5. The lowest BCUT2D eigenvalue weighted by Gasteiger charge is -2.33. The molecule has 13 heteroatoms. The molecule has 0 spiro atoms. The molecular formula is C25H29Cl2F3N4O4. The van der Waals surface area contributed by atoms with E-state index in [-0.39, 0.29) is 47.3 Å². The van der Waals surface area contributed by atoms with E-state index in [1.807, 2.05) is 0 Å². The highest BCUT2D eigenvalue weighted by Crippen LogP contribution is 2.41. The van der Waals surface area contributed by atoms with E-state index < -0.39 is 59.0 Å². The number of carboxylic acid groups (broad SMARTS) is 1. The molecule has 38 heavy (non-hydrogen) atoms. The van der Waals surface area contributed by atoms with Crippen molar-refractivity contribution in [1.29, 1.82) is 0 Å². The number of aliphatic carboxylic acids is 1. The maximum Gasteiger partial charge on any atom is 0.433 e. The van der Waals surface area contributed by atoms with Crippen LogP contribution in [0.3, 0.4) is 0 Å². The Balaban J connectivity index is 1.99. The fourth-order valence-corrected chi connectivity index (χ4v) is 5.48. The largest absolute Gasteiger partial charge is 0.481 e. The number of alkyl halides is 3. The monoisotopic (exact) mass is 576 g/mol. The minimum atomic E-state index is -4.93. The van der Waals surface area contributed by atoms with Crippen molar-refractivity contribution in [3.63, 3.8) is 0 Å². The number of Topliss-reactive ketones (excluding diaryl/α,β-unsaturated/α-hetero) is 1. The second kappa shape index (κ2) is 11.2. The Hall–Kier alpha value is -2.66. The first kappa shape index (κ1) is 29.9. The summed E-state index contributed by atoms with van der Waals surface area (Å²) in [7, 11) is 0. The summed E-state index contributed by atoms with van der Waals surface area (Å²) < 4.78 is 43.9. The first-order valence-corrected chi connectivity index (χ1v) is 12.8. The smallest absolute Gasteiger partial charge is 0.433 e. The zero-order valence-electron chi connectivity index (χ0n) is 21.4. The second-order valence-electron chi connectivity index (χ2n) is 10.9. The third-order valence-electron chi connectivity index (χ3n) is 6.52. The van der Waals surface area contributed by atoms with Gasteiger partial charge in [0.1, 0.15) is 0 Å². The molecule has 0 aromatic carbocycles. The van der Waals surface area contributed by atoms with Crippen LogP contribution in [0.15, 0.2) is 18.6 Å². The molecule has 2 aromatic rings. The second-order valence-corrected chi connectivity index (χ2v) is 11.7.